The SMILES string of the molecule is COC(=O)c1ccc(C23CCC(CC(OC)C2)N3Cc2c(OC)cc(C)c3c2ccn3C(=O)OC(C)(C)C)cc1. The number of hydrogen-bond donors (Lipinski definition) is 0. The average Bonchev–Trinajstić information content (AvgIpc) is 3.46. The molecule has 0 aliphatic carbocycles. The van der Waals surface area contributed by atoms with Crippen LogP contribution in [0.2, 0.25) is 0 Å². The molecule has 1 aromatic heterocycles. The predicted molar refractivity (Wildman–Crippen MR) is 153 cm³/mol. The Morgan fingerprint density at radius 1 is 1.07 bits per heavy atom. The van der Waals surface area contributed by atoms with Gasteiger partial charge in [-0.05, 0) is 88.8 Å². The number of carbonyl (C=O) groups excluding carboxylic acids is 2. The molecular formula is C32H40N2O6. The van der Waals surface area contributed by atoms with Gasteiger partial charge >= 0.3 is 12.1 Å². The van der Waals surface area contributed by atoms with Crippen LogP contribution in [-0.4, -0.2) is 60.6 Å². The third kappa shape index (κ3) is 4.88. The van der Waals surface area contributed by atoms with Gasteiger partial charge in [-0.15, -0.1) is 0 Å². The lowest BCUT2D eigenvalue weighted by atomic mass is 9.79. The van der Waals surface area contributed by atoms with Crippen LogP contribution < -0.4 is 4.74 Å². The Hall–Kier alpha value is -3.36. The Kier molecular flexibility index (Phi) is 7.44. The minimum absolute atomic E-state index is 0.150. The average molecular weight is 549 g/mol. The van der Waals surface area contributed by atoms with Crippen LogP contribution in [0.1, 0.15) is 73.5 Å². The number of methoxy groups -OCH3 is 3. The topological polar surface area (TPSA) is 79.2 Å². The summed E-state index contributed by atoms with van der Waals surface area (Å²) in [5.74, 6) is 0.460. The highest BCUT2D eigenvalue weighted by atomic mass is 16.6. The molecule has 2 bridgehead atoms. The Bertz CT molecular complexity index is 1420. The summed E-state index contributed by atoms with van der Waals surface area (Å²) in [6.07, 6.45) is 5.40. The van der Waals surface area contributed by atoms with E-state index in [9.17, 15) is 9.59 Å². The first-order valence-corrected chi connectivity index (χ1v) is 13.9. The van der Waals surface area contributed by atoms with E-state index in [1.165, 1.54) is 7.11 Å². The minimum atomic E-state index is -0.600. The zero-order valence-corrected chi connectivity index (χ0v) is 24.6. The molecule has 5 rings (SSSR count). The molecule has 3 unspecified atom stereocenters. The molecular weight excluding hydrogens is 508 g/mol. The molecule has 3 heterocycles. The molecule has 3 atom stereocenters. The molecule has 0 amide bonds. The molecule has 0 saturated carbocycles. The third-order valence-corrected chi connectivity index (χ3v) is 8.53. The highest BCUT2D eigenvalue weighted by molar-refractivity contribution is 5.95. The molecule has 0 spiro atoms. The summed E-state index contributed by atoms with van der Waals surface area (Å²) in [6, 6.07) is 12.1. The van der Waals surface area contributed by atoms with Gasteiger partial charge in [0.1, 0.15) is 11.4 Å². The van der Waals surface area contributed by atoms with Crippen molar-refractivity contribution in [3.05, 3.63) is 64.8 Å². The van der Waals surface area contributed by atoms with Crippen LogP contribution in [0.3, 0.4) is 0 Å². The molecule has 2 fully saturated rings. The van der Waals surface area contributed by atoms with Crippen molar-refractivity contribution in [2.75, 3.05) is 21.3 Å². The van der Waals surface area contributed by atoms with Crippen molar-refractivity contribution in [1.29, 1.82) is 0 Å². The molecule has 0 radical (unpaired) electrons. The Morgan fingerprint density at radius 3 is 2.42 bits per heavy atom. The van der Waals surface area contributed by atoms with E-state index in [0.717, 1.165) is 59.0 Å². The van der Waals surface area contributed by atoms with Gasteiger partial charge in [-0.2, -0.15) is 0 Å². The van der Waals surface area contributed by atoms with Gasteiger partial charge in [-0.1, -0.05) is 12.1 Å². The zero-order chi connectivity index (χ0) is 28.8. The van der Waals surface area contributed by atoms with Gasteiger partial charge in [-0.3, -0.25) is 9.47 Å². The Morgan fingerprint density at radius 2 is 1.80 bits per heavy atom. The van der Waals surface area contributed by atoms with E-state index in [2.05, 4.69) is 17.0 Å². The Balaban J connectivity index is 1.59. The van der Waals surface area contributed by atoms with Gasteiger partial charge in [0.05, 0.1) is 31.4 Å². The number of nitrogens with zero attached hydrogens (tertiary/aromatic N) is 2. The number of piperidine rings is 1. The fourth-order valence-corrected chi connectivity index (χ4v) is 6.75. The number of esters is 1. The van der Waals surface area contributed by atoms with Crippen molar-refractivity contribution in [2.24, 2.45) is 0 Å². The van der Waals surface area contributed by atoms with Gasteiger partial charge in [0.25, 0.3) is 0 Å². The van der Waals surface area contributed by atoms with Crippen LogP contribution in [-0.2, 0) is 26.3 Å². The molecule has 0 N–H and O–H groups in total. The van der Waals surface area contributed by atoms with Crippen molar-refractivity contribution in [2.45, 2.75) is 83.2 Å². The van der Waals surface area contributed by atoms with Crippen molar-refractivity contribution in [3.8, 4) is 5.75 Å². The second kappa shape index (κ2) is 10.6. The summed E-state index contributed by atoms with van der Waals surface area (Å²) in [5.41, 5.74) is 3.67. The van der Waals surface area contributed by atoms with E-state index < -0.39 is 11.7 Å². The quantitative estimate of drug-likeness (QED) is 0.340. The van der Waals surface area contributed by atoms with Crippen LogP contribution >= 0.6 is 0 Å². The van der Waals surface area contributed by atoms with E-state index in [1.54, 1.807) is 25.0 Å². The van der Waals surface area contributed by atoms with E-state index in [0.29, 0.717) is 18.2 Å². The number of hydrogen-bond acceptors (Lipinski definition) is 7. The predicted octanol–water partition coefficient (Wildman–Crippen LogP) is 6.20. The van der Waals surface area contributed by atoms with Gasteiger partial charge in [0, 0.05) is 42.4 Å². The summed E-state index contributed by atoms with van der Waals surface area (Å²) in [7, 11) is 4.89. The first-order chi connectivity index (χ1) is 19.0. The van der Waals surface area contributed by atoms with Crippen LogP contribution in [0.4, 0.5) is 4.79 Å². The van der Waals surface area contributed by atoms with Crippen LogP contribution in [0, 0.1) is 6.92 Å². The normalized spacial score (nSPS) is 22.9. The summed E-state index contributed by atoms with van der Waals surface area (Å²) < 4.78 is 24.1. The number of ether oxygens (including phenoxy) is 4. The molecule has 8 heteroatoms. The van der Waals surface area contributed by atoms with E-state index in [1.807, 2.05) is 52.0 Å². The fourth-order valence-electron chi connectivity index (χ4n) is 6.75. The van der Waals surface area contributed by atoms with Crippen molar-refractivity contribution in [1.82, 2.24) is 9.47 Å². The highest BCUT2D eigenvalue weighted by Crippen LogP contribution is 2.52. The lowest BCUT2D eigenvalue weighted by Gasteiger charge is -2.48. The molecule has 8 nitrogen and oxygen atoms in total. The summed E-state index contributed by atoms with van der Waals surface area (Å²) >= 11 is 0. The number of aryl methyl sites for hydroxylation is 1. The van der Waals surface area contributed by atoms with Gasteiger partial charge in [0.2, 0.25) is 0 Å². The lowest BCUT2D eigenvalue weighted by Crippen LogP contribution is -2.52. The Labute approximate surface area is 236 Å². The number of aromatic nitrogens is 1. The van der Waals surface area contributed by atoms with Crippen molar-refractivity contribution < 1.29 is 28.5 Å². The van der Waals surface area contributed by atoms with Gasteiger partial charge < -0.3 is 18.9 Å². The standard InChI is InChI=1S/C32H40N2O6/c1-20-16-27(38-6)26(25-13-15-33(28(20)25)30(36)40-31(2,3)4)19-34-23-12-14-32(34,18-24(17-23)37-5)22-10-8-21(9-11-22)29(35)39-7/h8-11,13,15-16,23-24H,12,14,17-19H2,1-7H3. The van der Waals surface area contributed by atoms with Gasteiger partial charge in [-0.25, -0.2) is 9.59 Å². The molecule has 2 saturated heterocycles. The smallest absolute Gasteiger partial charge is 0.419 e. The fraction of sp³-hybridized carbons (Fsp3) is 0.500. The van der Waals surface area contributed by atoms with E-state index in [-0.39, 0.29) is 17.6 Å². The first-order valence-electron chi connectivity index (χ1n) is 13.9. The minimum Gasteiger partial charge on any atom is -0.496 e. The second-order valence-electron chi connectivity index (χ2n) is 12.0. The van der Waals surface area contributed by atoms with Crippen molar-refractivity contribution >= 4 is 23.0 Å². The zero-order valence-electron chi connectivity index (χ0n) is 24.6. The molecule has 214 valence electrons. The summed E-state index contributed by atoms with van der Waals surface area (Å²) in [5, 5.41) is 0.979. The second-order valence-corrected chi connectivity index (χ2v) is 12.0. The third-order valence-electron chi connectivity index (χ3n) is 8.53. The molecule has 3 aromatic rings. The van der Waals surface area contributed by atoms with Crippen LogP contribution in [0.25, 0.3) is 10.9 Å². The maximum Gasteiger partial charge on any atom is 0.419 e. The van der Waals surface area contributed by atoms with E-state index in [4.69, 9.17) is 18.9 Å². The van der Waals surface area contributed by atoms with E-state index >= 15 is 0 Å². The summed E-state index contributed by atoms with van der Waals surface area (Å²) in [4.78, 5) is 27.8. The first kappa shape index (κ1) is 28.2. The molecule has 40 heavy (non-hydrogen) atoms. The lowest BCUT2D eigenvalue weighted by molar-refractivity contribution is -0.0460. The molecule has 2 aromatic carbocycles. The van der Waals surface area contributed by atoms with Crippen LogP contribution in [0.5, 0.6) is 5.75 Å². The summed E-state index contributed by atoms with van der Waals surface area (Å²) in [6.45, 7) is 8.25. The number of rotatable bonds is 6. The monoisotopic (exact) mass is 548 g/mol. The van der Waals surface area contributed by atoms with Crippen LogP contribution in [0.15, 0.2) is 42.6 Å². The maximum absolute atomic E-state index is 13.1. The largest absolute Gasteiger partial charge is 0.496 e. The molecule has 2 aliphatic rings. The highest BCUT2D eigenvalue weighted by Gasteiger charge is 2.53. The number of fused-ring (bicyclic) bond motifs is 3. The number of benzene rings is 2. The maximum atomic E-state index is 13.1. The molecule has 2 aliphatic heterocycles. The van der Waals surface area contributed by atoms with Gasteiger partial charge in [0.15, 0.2) is 0 Å². The van der Waals surface area contributed by atoms with Crippen molar-refractivity contribution in [3.63, 3.8) is 0 Å². The number of carbonyl (C=O) groups is 2.